The van der Waals surface area contributed by atoms with Gasteiger partial charge in [0.2, 0.25) is 5.91 Å². The maximum absolute atomic E-state index is 12.7. The third kappa shape index (κ3) is 3.86. The molecule has 8 heteroatoms. The Kier molecular flexibility index (Phi) is 5.07. The van der Waals surface area contributed by atoms with Gasteiger partial charge in [0.15, 0.2) is 5.65 Å². The molecule has 0 aliphatic rings. The fourth-order valence-corrected chi connectivity index (χ4v) is 3.01. The molecule has 146 valence electrons. The summed E-state index contributed by atoms with van der Waals surface area (Å²) < 4.78 is 8.19. The molecule has 0 fully saturated rings. The topological polar surface area (TPSA) is 91.0 Å². The molecule has 4 rings (SSSR count). The number of anilines is 1. The number of aryl methyl sites for hydroxylation is 1. The molecule has 0 saturated heterocycles. The Morgan fingerprint density at radius 2 is 1.97 bits per heavy atom. The molecule has 0 aliphatic carbocycles. The van der Waals surface area contributed by atoms with Gasteiger partial charge in [0, 0.05) is 24.7 Å². The Hall–Kier alpha value is -3.94. The average Bonchev–Trinajstić information content (AvgIpc) is 3.19. The molecule has 0 radical (unpaired) electrons. The van der Waals surface area contributed by atoms with E-state index in [4.69, 9.17) is 4.74 Å². The first kappa shape index (κ1) is 18.4. The van der Waals surface area contributed by atoms with Crippen LogP contribution >= 0.6 is 0 Å². The van der Waals surface area contributed by atoms with Gasteiger partial charge in [-0.05, 0) is 24.3 Å². The first-order chi connectivity index (χ1) is 14.2. The zero-order chi connectivity index (χ0) is 20.2. The summed E-state index contributed by atoms with van der Waals surface area (Å²) in [7, 11) is 1.57. The van der Waals surface area contributed by atoms with Crippen molar-refractivity contribution in [1.29, 1.82) is 0 Å². The summed E-state index contributed by atoms with van der Waals surface area (Å²) >= 11 is 0. The van der Waals surface area contributed by atoms with Gasteiger partial charge in [-0.3, -0.25) is 14.2 Å². The highest BCUT2D eigenvalue weighted by atomic mass is 16.5. The van der Waals surface area contributed by atoms with E-state index in [1.165, 1.54) is 17.1 Å². The van der Waals surface area contributed by atoms with E-state index in [0.717, 1.165) is 5.69 Å². The number of benzene rings is 2. The third-order valence-electron chi connectivity index (χ3n) is 4.49. The number of amides is 1. The van der Waals surface area contributed by atoms with Crippen molar-refractivity contribution in [2.24, 2.45) is 0 Å². The SMILES string of the molecule is COc1cccc(NC(=O)CCn2cnc3c(cnn3-c3ccccc3)c2=O)c1. The van der Waals surface area contributed by atoms with Crippen LogP contribution in [0.25, 0.3) is 16.7 Å². The van der Waals surface area contributed by atoms with Gasteiger partial charge in [0.1, 0.15) is 11.1 Å². The number of para-hydroxylation sites is 1. The van der Waals surface area contributed by atoms with Crippen molar-refractivity contribution in [3.8, 4) is 11.4 Å². The van der Waals surface area contributed by atoms with Crippen LogP contribution in [0.3, 0.4) is 0 Å². The predicted octanol–water partition coefficient (Wildman–Crippen LogP) is 2.62. The lowest BCUT2D eigenvalue weighted by Gasteiger charge is -2.08. The van der Waals surface area contributed by atoms with Crippen LogP contribution < -0.4 is 15.6 Å². The van der Waals surface area contributed by atoms with Crippen LogP contribution in [0.4, 0.5) is 5.69 Å². The zero-order valence-electron chi connectivity index (χ0n) is 15.8. The second-order valence-electron chi connectivity index (χ2n) is 6.40. The second-order valence-corrected chi connectivity index (χ2v) is 6.40. The summed E-state index contributed by atoms with van der Waals surface area (Å²) in [5.41, 5.74) is 1.72. The highest BCUT2D eigenvalue weighted by molar-refractivity contribution is 5.90. The number of fused-ring (bicyclic) bond motifs is 1. The van der Waals surface area contributed by atoms with E-state index in [1.807, 2.05) is 30.3 Å². The van der Waals surface area contributed by atoms with Gasteiger partial charge in [-0.15, -0.1) is 0 Å². The van der Waals surface area contributed by atoms with Crippen LogP contribution in [0, 0.1) is 0 Å². The Bertz CT molecular complexity index is 1210. The van der Waals surface area contributed by atoms with Crippen LogP contribution in [0.5, 0.6) is 5.75 Å². The summed E-state index contributed by atoms with van der Waals surface area (Å²) in [5, 5.41) is 7.49. The van der Waals surface area contributed by atoms with Crippen molar-refractivity contribution in [3.05, 3.63) is 77.5 Å². The van der Waals surface area contributed by atoms with Gasteiger partial charge >= 0.3 is 0 Å². The van der Waals surface area contributed by atoms with Crippen LogP contribution in [0.15, 0.2) is 71.9 Å². The summed E-state index contributed by atoms with van der Waals surface area (Å²) in [6, 6.07) is 16.6. The molecule has 0 atom stereocenters. The van der Waals surface area contributed by atoms with Crippen molar-refractivity contribution >= 4 is 22.6 Å². The Morgan fingerprint density at radius 3 is 2.76 bits per heavy atom. The number of ether oxygens (including phenoxy) is 1. The fraction of sp³-hybridized carbons (Fsp3) is 0.143. The van der Waals surface area contributed by atoms with Crippen molar-refractivity contribution in [2.75, 3.05) is 12.4 Å². The summed E-state index contributed by atoms with van der Waals surface area (Å²) in [6.45, 7) is 0.216. The van der Waals surface area contributed by atoms with E-state index in [0.29, 0.717) is 22.5 Å². The van der Waals surface area contributed by atoms with Crippen molar-refractivity contribution in [2.45, 2.75) is 13.0 Å². The van der Waals surface area contributed by atoms with Crippen molar-refractivity contribution in [1.82, 2.24) is 19.3 Å². The predicted molar refractivity (Wildman–Crippen MR) is 109 cm³/mol. The van der Waals surface area contributed by atoms with E-state index in [-0.39, 0.29) is 24.4 Å². The number of methoxy groups -OCH3 is 1. The van der Waals surface area contributed by atoms with Crippen molar-refractivity contribution < 1.29 is 9.53 Å². The monoisotopic (exact) mass is 389 g/mol. The Morgan fingerprint density at radius 1 is 1.14 bits per heavy atom. The van der Waals surface area contributed by atoms with Crippen LogP contribution in [-0.4, -0.2) is 32.3 Å². The first-order valence-electron chi connectivity index (χ1n) is 9.08. The molecule has 0 saturated carbocycles. The minimum Gasteiger partial charge on any atom is -0.497 e. The largest absolute Gasteiger partial charge is 0.497 e. The third-order valence-corrected chi connectivity index (χ3v) is 4.49. The molecule has 2 aromatic heterocycles. The number of rotatable bonds is 6. The first-order valence-corrected chi connectivity index (χ1v) is 9.08. The van der Waals surface area contributed by atoms with Gasteiger partial charge in [-0.25, -0.2) is 9.67 Å². The molecule has 0 spiro atoms. The maximum Gasteiger partial charge on any atom is 0.264 e. The minimum absolute atomic E-state index is 0.136. The van der Waals surface area contributed by atoms with E-state index in [9.17, 15) is 9.59 Å². The van der Waals surface area contributed by atoms with Crippen LogP contribution in [0.1, 0.15) is 6.42 Å². The van der Waals surface area contributed by atoms with Gasteiger partial charge in [-0.1, -0.05) is 24.3 Å². The molecule has 1 N–H and O–H groups in total. The lowest BCUT2D eigenvalue weighted by atomic mass is 10.3. The lowest BCUT2D eigenvalue weighted by molar-refractivity contribution is -0.116. The highest BCUT2D eigenvalue weighted by Crippen LogP contribution is 2.17. The molecule has 4 aromatic rings. The van der Waals surface area contributed by atoms with Gasteiger partial charge in [0.25, 0.3) is 5.56 Å². The molecule has 8 nitrogen and oxygen atoms in total. The Labute approximate surface area is 166 Å². The molecule has 1 amide bonds. The Balaban J connectivity index is 1.49. The molecular weight excluding hydrogens is 370 g/mol. The van der Waals surface area contributed by atoms with Gasteiger partial charge in [-0.2, -0.15) is 5.10 Å². The number of hydrogen-bond donors (Lipinski definition) is 1. The van der Waals surface area contributed by atoms with Crippen LogP contribution in [0.2, 0.25) is 0 Å². The zero-order valence-corrected chi connectivity index (χ0v) is 15.8. The summed E-state index contributed by atoms with van der Waals surface area (Å²) in [6.07, 6.45) is 3.09. The lowest BCUT2D eigenvalue weighted by Crippen LogP contribution is -2.23. The number of carbonyl (C=O) groups excluding carboxylic acids is 1. The van der Waals surface area contributed by atoms with E-state index >= 15 is 0 Å². The number of nitrogens with zero attached hydrogens (tertiary/aromatic N) is 4. The van der Waals surface area contributed by atoms with Gasteiger partial charge in [0.05, 0.1) is 25.3 Å². The standard InChI is InChI=1S/C21H19N5O3/c1-29-17-9-5-6-15(12-17)24-19(27)10-11-25-14-22-20-18(21(25)28)13-23-26(20)16-7-3-2-4-8-16/h2-9,12-14H,10-11H2,1H3,(H,24,27). The molecular formula is C21H19N5O3. The smallest absolute Gasteiger partial charge is 0.264 e. The number of hydrogen-bond acceptors (Lipinski definition) is 5. The molecule has 0 unspecified atom stereocenters. The molecule has 29 heavy (non-hydrogen) atoms. The van der Waals surface area contributed by atoms with Crippen molar-refractivity contribution in [3.63, 3.8) is 0 Å². The van der Waals surface area contributed by atoms with Crippen LogP contribution in [-0.2, 0) is 11.3 Å². The maximum atomic E-state index is 12.7. The summed E-state index contributed by atoms with van der Waals surface area (Å²) in [4.78, 5) is 29.4. The van der Waals surface area contributed by atoms with E-state index in [1.54, 1.807) is 36.1 Å². The number of aromatic nitrogens is 4. The second kappa shape index (κ2) is 7.97. The molecule has 2 heterocycles. The summed E-state index contributed by atoms with van der Waals surface area (Å²) in [5.74, 6) is 0.453. The van der Waals surface area contributed by atoms with E-state index < -0.39 is 0 Å². The molecule has 0 bridgehead atoms. The fourth-order valence-electron chi connectivity index (χ4n) is 3.01. The number of carbonyl (C=O) groups is 1. The minimum atomic E-state index is -0.230. The normalized spacial score (nSPS) is 10.8. The average molecular weight is 389 g/mol. The van der Waals surface area contributed by atoms with Gasteiger partial charge < -0.3 is 10.1 Å². The molecule has 0 aliphatic heterocycles. The number of nitrogens with one attached hydrogen (secondary N) is 1. The van der Waals surface area contributed by atoms with E-state index in [2.05, 4.69) is 15.4 Å². The molecule has 2 aromatic carbocycles. The quantitative estimate of drug-likeness (QED) is 0.547. The highest BCUT2D eigenvalue weighted by Gasteiger charge is 2.12.